The van der Waals surface area contributed by atoms with E-state index in [1.807, 2.05) is 6.20 Å². The second kappa shape index (κ2) is 5.67. The van der Waals surface area contributed by atoms with Crippen LogP contribution in [-0.4, -0.2) is 16.1 Å². The molecule has 1 aliphatic carbocycles. The molecular weight excluding hydrogens is 210 g/mol. The number of aryl methyl sites for hydroxylation is 1. The molecule has 1 heterocycles. The van der Waals surface area contributed by atoms with Crippen molar-refractivity contribution in [3.05, 3.63) is 18.2 Å². The van der Waals surface area contributed by atoms with Gasteiger partial charge in [-0.3, -0.25) is 0 Å². The van der Waals surface area contributed by atoms with Gasteiger partial charge in [-0.25, -0.2) is 4.98 Å². The van der Waals surface area contributed by atoms with Crippen LogP contribution in [0.4, 0.5) is 0 Å². The van der Waals surface area contributed by atoms with E-state index in [9.17, 15) is 0 Å². The summed E-state index contributed by atoms with van der Waals surface area (Å²) >= 11 is 0. The van der Waals surface area contributed by atoms with E-state index in [1.54, 1.807) is 0 Å². The standard InChI is InChI=1S/C14H25N3/c1-3-17-7-6-16-14(17)9-13-8-11(2)4-5-12(13)10-15/h6-7,11-13H,3-5,8-10,15H2,1-2H3. The third kappa shape index (κ3) is 2.89. The maximum Gasteiger partial charge on any atom is 0.108 e. The molecule has 1 aliphatic rings. The van der Waals surface area contributed by atoms with Crippen LogP contribution in [0.2, 0.25) is 0 Å². The Balaban J connectivity index is 2.05. The number of hydrogen-bond acceptors (Lipinski definition) is 2. The second-order valence-electron chi connectivity index (χ2n) is 5.51. The highest BCUT2D eigenvalue weighted by Crippen LogP contribution is 2.35. The van der Waals surface area contributed by atoms with Crippen molar-refractivity contribution >= 4 is 0 Å². The highest BCUT2D eigenvalue weighted by atomic mass is 15.0. The zero-order valence-corrected chi connectivity index (χ0v) is 11.1. The van der Waals surface area contributed by atoms with Crippen LogP contribution in [0.5, 0.6) is 0 Å². The molecule has 0 saturated heterocycles. The fourth-order valence-corrected chi connectivity index (χ4v) is 3.17. The van der Waals surface area contributed by atoms with Crippen LogP contribution in [0, 0.1) is 17.8 Å². The molecule has 17 heavy (non-hydrogen) atoms. The molecule has 2 N–H and O–H groups in total. The van der Waals surface area contributed by atoms with E-state index in [0.717, 1.165) is 31.3 Å². The molecule has 0 bridgehead atoms. The number of rotatable bonds is 4. The van der Waals surface area contributed by atoms with Crippen LogP contribution in [0.3, 0.4) is 0 Å². The molecular formula is C14H25N3. The highest BCUT2D eigenvalue weighted by Gasteiger charge is 2.28. The first-order valence-electron chi connectivity index (χ1n) is 6.94. The van der Waals surface area contributed by atoms with Gasteiger partial charge >= 0.3 is 0 Å². The number of hydrogen-bond donors (Lipinski definition) is 1. The van der Waals surface area contributed by atoms with Crippen molar-refractivity contribution in [3.63, 3.8) is 0 Å². The molecule has 0 amide bonds. The molecule has 0 aromatic carbocycles. The molecule has 3 nitrogen and oxygen atoms in total. The Bertz CT molecular complexity index is 345. The van der Waals surface area contributed by atoms with Crippen LogP contribution in [0.25, 0.3) is 0 Å². The Labute approximate surface area is 104 Å². The van der Waals surface area contributed by atoms with Gasteiger partial charge in [-0.15, -0.1) is 0 Å². The van der Waals surface area contributed by atoms with Crippen molar-refractivity contribution in [2.45, 2.75) is 46.1 Å². The monoisotopic (exact) mass is 235 g/mol. The largest absolute Gasteiger partial charge is 0.335 e. The SMILES string of the molecule is CCn1ccnc1CC1CC(C)CCC1CN. The van der Waals surface area contributed by atoms with Gasteiger partial charge in [0.15, 0.2) is 0 Å². The molecule has 3 unspecified atom stereocenters. The quantitative estimate of drug-likeness (QED) is 0.871. The van der Waals surface area contributed by atoms with E-state index < -0.39 is 0 Å². The first kappa shape index (κ1) is 12.6. The third-order valence-corrected chi connectivity index (χ3v) is 4.29. The number of nitrogens with zero attached hydrogens (tertiary/aromatic N) is 2. The predicted octanol–water partition coefficient (Wildman–Crippen LogP) is 2.46. The third-order valence-electron chi connectivity index (χ3n) is 4.29. The van der Waals surface area contributed by atoms with Gasteiger partial charge in [-0.1, -0.05) is 13.3 Å². The van der Waals surface area contributed by atoms with Gasteiger partial charge in [0.25, 0.3) is 0 Å². The fraction of sp³-hybridized carbons (Fsp3) is 0.786. The summed E-state index contributed by atoms with van der Waals surface area (Å²) in [7, 11) is 0. The molecule has 1 aromatic rings. The maximum absolute atomic E-state index is 5.91. The Kier molecular flexibility index (Phi) is 4.21. The van der Waals surface area contributed by atoms with Gasteiger partial charge in [0, 0.05) is 25.4 Å². The van der Waals surface area contributed by atoms with Gasteiger partial charge in [0.05, 0.1) is 0 Å². The number of aromatic nitrogens is 2. The van der Waals surface area contributed by atoms with E-state index in [1.165, 1.54) is 25.1 Å². The van der Waals surface area contributed by atoms with Gasteiger partial charge in [0.1, 0.15) is 5.82 Å². The minimum absolute atomic E-state index is 0.702. The first-order valence-corrected chi connectivity index (χ1v) is 6.94. The molecule has 1 fully saturated rings. The average Bonchev–Trinajstić information content (AvgIpc) is 2.77. The summed E-state index contributed by atoms with van der Waals surface area (Å²) in [5.41, 5.74) is 5.91. The lowest BCUT2D eigenvalue weighted by atomic mass is 9.73. The van der Waals surface area contributed by atoms with Crippen LogP contribution in [-0.2, 0) is 13.0 Å². The summed E-state index contributed by atoms with van der Waals surface area (Å²) in [6, 6.07) is 0. The van der Waals surface area contributed by atoms with Gasteiger partial charge < -0.3 is 10.3 Å². The number of imidazole rings is 1. The molecule has 96 valence electrons. The lowest BCUT2D eigenvalue weighted by Gasteiger charge is -2.34. The van der Waals surface area contributed by atoms with Crippen molar-refractivity contribution in [1.29, 1.82) is 0 Å². The van der Waals surface area contributed by atoms with Crippen molar-refractivity contribution in [2.75, 3.05) is 6.54 Å². The van der Waals surface area contributed by atoms with E-state index in [4.69, 9.17) is 5.73 Å². The minimum Gasteiger partial charge on any atom is -0.335 e. The maximum atomic E-state index is 5.91. The highest BCUT2D eigenvalue weighted by molar-refractivity contribution is 4.96. The van der Waals surface area contributed by atoms with Crippen molar-refractivity contribution in [1.82, 2.24) is 9.55 Å². The van der Waals surface area contributed by atoms with E-state index in [-0.39, 0.29) is 0 Å². The van der Waals surface area contributed by atoms with Crippen molar-refractivity contribution in [3.8, 4) is 0 Å². The Morgan fingerprint density at radius 2 is 2.24 bits per heavy atom. The summed E-state index contributed by atoms with van der Waals surface area (Å²) < 4.78 is 2.26. The van der Waals surface area contributed by atoms with Crippen molar-refractivity contribution < 1.29 is 0 Å². The zero-order valence-electron chi connectivity index (χ0n) is 11.1. The van der Waals surface area contributed by atoms with Crippen LogP contribution < -0.4 is 5.73 Å². The second-order valence-corrected chi connectivity index (χ2v) is 5.51. The summed E-state index contributed by atoms with van der Waals surface area (Å²) in [6.45, 7) is 6.40. The van der Waals surface area contributed by atoms with Crippen molar-refractivity contribution in [2.24, 2.45) is 23.5 Å². The van der Waals surface area contributed by atoms with Gasteiger partial charge in [0.2, 0.25) is 0 Å². The lowest BCUT2D eigenvalue weighted by molar-refractivity contribution is 0.190. The summed E-state index contributed by atoms with van der Waals surface area (Å²) in [6.07, 6.45) is 9.07. The zero-order chi connectivity index (χ0) is 12.3. The molecule has 1 aromatic heterocycles. The summed E-state index contributed by atoms with van der Waals surface area (Å²) in [4.78, 5) is 4.50. The summed E-state index contributed by atoms with van der Waals surface area (Å²) in [5.74, 6) is 3.53. The predicted molar refractivity (Wildman–Crippen MR) is 70.7 cm³/mol. The lowest BCUT2D eigenvalue weighted by Crippen LogP contribution is -2.31. The van der Waals surface area contributed by atoms with Crippen LogP contribution >= 0.6 is 0 Å². The normalized spacial score (nSPS) is 29.5. The Hall–Kier alpha value is -0.830. The molecule has 1 saturated carbocycles. The first-order chi connectivity index (χ1) is 8.24. The van der Waals surface area contributed by atoms with Gasteiger partial charge in [-0.2, -0.15) is 0 Å². The Morgan fingerprint density at radius 1 is 1.41 bits per heavy atom. The molecule has 2 rings (SSSR count). The van der Waals surface area contributed by atoms with Gasteiger partial charge in [-0.05, 0) is 44.1 Å². The smallest absolute Gasteiger partial charge is 0.108 e. The topological polar surface area (TPSA) is 43.8 Å². The van der Waals surface area contributed by atoms with E-state index in [2.05, 4.69) is 29.6 Å². The van der Waals surface area contributed by atoms with E-state index >= 15 is 0 Å². The van der Waals surface area contributed by atoms with E-state index in [0.29, 0.717) is 5.92 Å². The number of nitrogens with two attached hydrogens (primary N) is 1. The Morgan fingerprint density at radius 3 is 2.94 bits per heavy atom. The van der Waals surface area contributed by atoms with Crippen LogP contribution in [0.15, 0.2) is 12.4 Å². The molecule has 3 atom stereocenters. The molecule has 0 aliphatic heterocycles. The average molecular weight is 235 g/mol. The molecule has 0 radical (unpaired) electrons. The van der Waals surface area contributed by atoms with Crippen LogP contribution in [0.1, 0.15) is 38.9 Å². The summed E-state index contributed by atoms with van der Waals surface area (Å²) in [5, 5.41) is 0. The molecule has 0 spiro atoms. The fourth-order valence-electron chi connectivity index (χ4n) is 3.17. The minimum atomic E-state index is 0.702. The molecule has 3 heteroatoms.